The second-order valence-corrected chi connectivity index (χ2v) is 15.6. The van der Waals surface area contributed by atoms with Gasteiger partial charge in [0.05, 0.1) is 11.8 Å². The van der Waals surface area contributed by atoms with Gasteiger partial charge in [-0.1, -0.05) is 41.5 Å². The lowest BCUT2D eigenvalue weighted by Crippen LogP contribution is -2.36. The van der Waals surface area contributed by atoms with Gasteiger partial charge >= 0.3 is 0 Å². The number of rotatable bonds is 8. The Morgan fingerprint density at radius 1 is 0.855 bits per heavy atom. The number of allylic oxidation sites excluding steroid dienone is 1. The molecule has 0 aromatic carbocycles. The van der Waals surface area contributed by atoms with Gasteiger partial charge in [-0.05, 0) is 84.5 Å². The molecule has 4 aliphatic rings. The first-order valence-electron chi connectivity index (χ1n) is 21.3. The highest BCUT2D eigenvalue weighted by atomic mass is 16.2. The Morgan fingerprint density at radius 3 is 2.11 bits per heavy atom. The first-order chi connectivity index (χ1) is 29.8. The SMILES string of the molecule is CC.CC(C)c1cc(NC(=O)C2CC2)nn2ccnc12.CNC.Cc1cc(NC(=O)C2CC2)nc2c(C=O)cnn12.Cc1cc(NC2=NC3=CCNN3C(C(C)C)=C2)nc(C)n1. The van der Waals surface area contributed by atoms with Gasteiger partial charge in [0.25, 0.3) is 0 Å². The first kappa shape index (κ1) is 46.7. The molecule has 5 N–H and O–H groups in total. The van der Waals surface area contributed by atoms with E-state index >= 15 is 0 Å². The molecule has 2 aliphatic carbocycles. The second-order valence-electron chi connectivity index (χ2n) is 15.6. The third kappa shape index (κ3) is 12.1. The maximum atomic E-state index is 11.8. The van der Waals surface area contributed by atoms with Crippen LogP contribution in [-0.2, 0) is 9.59 Å². The average Bonchev–Trinajstić information content (AvgIpc) is 4.13. The zero-order valence-corrected chi connectivity index (χ0v) is 37.7. The smallest absolute Gasteiger partial charge is 0.228 e. The van der Waals surface area contributed by atoms with E-state index in [1.54, 1.807) is 27.5 Å². The van der Waals surface area contributed by atoms with Crippen LogP contribution in [0, 0.1) is 38.5 Å². The molecular formula is C44H61N15O3. The predicted molar refractivity (Wildman–Crippen MR) is 243 cm³/mol. The van der Waals surface area contributed by atoms with E-state index in [1.165, 1.54) is 11.9 Å². The Hall–Kier alpha value is -6.40. The van der Waals surface area contributed by atoms with Crippen molar-refractivity contribution in [2.45, 2.75) is 93.9 Å². The van der Waals surface area contributed by atoms with E-state index in [-0.39, 0.29) is 23.7 Å². The summed E-state index contributed by atoms with van der Waals surface area (Å²) in [7, 11) is 3.75. The number of amidine groups is 1. The number of carbonyl (C=O) groups excluding carboxylic acids is 3. The number of fused-ring (bicyclic) bond motifs is 3. The number of imidazole rings is 1. The fourth-order valence-electron chi connectivity index (χ4n) is 6.33. The van der Waals surface area contributed by atoms with Crippen LogP contribution >= 0.6 is 0 Å². The predicted octanol–water partition coefficient (Wildman–Crippen LogP) is 6.38. The molecule has 9 rings (SSSR count). The Kier molecular flexibility index (Phi) is 16.1. The summed E-state index contributed by atoms with van der Waals surface area (Å²) in [6.07, 6.45) is 13.7. The standard InChI is InChI=1S/C15H20N6.C13H16N4O.C12H12N4O2.C2H7N.C2H6/c1-9(2)12-8-14(20-15-5-6-16-21(12)15)19-13-7-10(3)17-11(4)18-13;1-8(2)10-7-11(15-13(18)9-3-4-9)16-17-6-5-14-12(10)17;1-7-4-10(15-12(18)8-2-3-8)14-11-9(6-17)5-13-16(7)11;1-3-2;1-2/h5,7-9,16H,6H2,1-4H3,(H,17,18,19,20);5-9H,3-4H2,1-2H3,(H,15,16,18);4-6,8H,2-3H2,1H3,(H,14,15,18);3H,1-2H3;1-2H3. The minimum Gasteiger partial charge on any atom is -0.325 e. The van der Waals surface area contributed by atoms with Crippen LogP contribution in [0.5, 0.6) is 0 Å². The van der Waals surface area contributed by atoms with Gasteiger partial charge in [-0.25, -0.2) is 39.4 Å². The maximum Gasteiger partial charge on any atom is 0.228 e. The Bertz CT molecular complexity index is 2440. The van der Waals surface area contributed by atoms with Gasteiger partial charge in [-0.3, -0.25) is 19.4 Å². The Labute approximate surface area is 363 Å². The Balaban J connectivity index is 0.000000167. The number of aliphatic imine (C=N–C) groups is 1. The van der Waals surface area contributed by atoms with E-state index in [0.29, 0.717) is 41.0 Å². The van der Waals surface area contributed by atoms with Crippen molar-refractivity contribution in [1.82, 2.24) is 54.9 Å². The van der Waals surface area contributed by atoms with E-state index < -0.39 is 0 Å². The van der Waals surface area contributed by atoms with Crippen molar-refractivity contribution in [2.24, 2.45) is 22.7 Å². The average molecular weight is 848 g/mol. The topological polar surface area (TPSA) is 213 Å². The molecule has 62 heavy (non-hydrogen) atoms. The second kappa shape index (κ2) is 21.4. The van der Waals surface area contributed by atoms with Crippen molar-refractivity contribution in [2.75, 3.05) is 36.6 Å². The molecule has 7 heterocycles. The molecule has 2 saturated carbocycles. The number of hydrogen-bond acceptors (Lipinski definition) is 14. The van der Waals surface area contributed by atoms with Crippen molar-refractivity contribution in [3.63, 3.8) is 0 Å². The molecule has 5 aromatic rings. The number of hydrogen-bond donors (Lipinski definition) is 5. The monoisotopic (exact) mass is 848 g/mol. The number of anilines is 3. The third-order valence-electron chi connectivity index (χ3n) is 9.57. The number of aldehydes is 1. The highest BCUT2D eigenvalue weighted by Crippen LogP contribution is 2.31. The lowest BCUT2D eigenvalue weighted by molar-refractivity contribution is -0.118. The molecule has 18 nitrogen and oxygen atoms in total. The van der Waals surface area contributed by atoms with E-state index in [0.717, 1.165) is 78.1 Å². The molecular weight excluding hydrogens is 787 g/mol. The number of amides is 2. The fourth-order valence-corrected chi connectivity index (χ4v) is 6.33. The summed E-state index contributed by atoms with van der Waals surface area (Å²) in [6, 6.07) is 5.59. The lowest BCUT2D eigenvalue weighted by Gasteiger charge is -2.29. The summed E-state index contributed by atoms with van der Waals surface area (Å²) < 4.78 is 3.30. The van der Waals surface area contributed by atoms with Gasteiger partial charge in [0.2, 0.25) is 11.8 Å². The van der Waals surface area contributed by atoms with E-state index in [2.05, 4.69) is 102 Å². The summed E-state index contributed by atoms with van der Waals surface area (Å²) in [6.45, 7) is 19.1. The summed E-state index contributed by atoms with van der Waals surface area (Å²) in [5.74, 6) is 5.50. The molecule has 18 heteroatoms. The molecule has 0 saturated heterocycles. The molecule has 5 aromatic heterocycles. The zero-order chi connectivity index (χ0) is 45.1. The van der Waals surface area contributed by atoms with Crippen molar-refractivity contribution in [3.05, 3.63) is 88.8 Å². The van der Waals surface area contributed by atoms with Gasteiger partial charge < -0.3 is 21.3 Å². The van der Waals surface area contributed by atoms with Crippen LogP contribution in [0.25, 0.3) is 11.3 Å². The molecule has 330 valence electrons. The number of nitrogens with one attached hydrogen (secondary N) is 5. The van der Waals surface area contributed by atoms with Crippen molar-refractivity contribution in [3.8, 4) is 0 Å². The molecule has 0 bridgehead atoms. The van der Waals surface area contributed by atoms with Crippen molar-refractivity contribution in [1.29, 1.82) is 0 Å². The van der Waals surface area contributed by atoms with Gasteiger partial charge in [0.15, 0.2) is 23.4 Å². The highest BCUT2D eigenvalue weighted by Gasteiger charge is 2.31. The van der Waals surface area contributed by atoms with Crippen molar-refractivity contribution >= 4 is 52.7 Å². The minimum absolute atomic E-state index is 0.00146. The Morgan fingerprint density at radius 2 is 1.52 bits per heavy atom. The zero-order valence-electron chi connectivity index (χ0n) is 37.7. The number of aromatic nitrogens is 8. The van der Waals surface area contributed by atoms with E-state index in [1.807, 2.05) is 65.9 Å². The van der Waals surface area contributed by atoms with Gasteiger partial charge in [-0.2, -0.15) is 5.10 Å². The van der Waals surface area contributed by atoms with Crippen LogP contribution in [0.2, 0.25) is 0 Å². The summed E-state index contributed by atoms with van der Waals surface area (Å²) in [5, 5.41) is 22.2. The molecule has 0 unspecified atom stereocenters. The van der Waals surface area contributed by atoms with Crippen LogP contribution < -0.4 is 26.7 Å². The number of aryl methyl sites for hydroxylation is 3. The van der Waals surface area contributed by atoms with Crippen LogP contribution in [0.4, 0.5) is 17.5 Å². The van der Waals surface area contributed by atoms with Crippen LogP contribution in [0.1, 0.15) is 106 Å². The van der Waals surface area contributed by atoms with Gasteiger partial charge in [0, 0.05) is 71.6 Å². The first-order valence-corrected chi connectivity index (χ1v) is 21.3. The van der Waals surface area contributed by atoms with Crippen LogP contribution in [0.3, 0.4) is 0 Å². The minimum atomic E-state index is -0.00146. The molecule has 0 atom stereocenters. The largest absolute Gasteiger partial charge is 0.325 e. The molecule has 2 amide bonds. The van der Waals surface area contributed by atoms with Gasteiger partial charge in [-0.15, -0.1) is 5.10 Å². The number of nitrogens with zero attached hydrogens (tertiary/aromatic N) is 10. The summed E-state index contributed by atoms with van der Waals surface area (Å²) >= 11 is 0. The molecule has 0 radical (unpaired) electrons. The number of carbonyl (C=O) groups is 3. The lowest BCUT2D eigenvalue weighted by atomic mass is 10.1. The van der Waals surface area contributed by atoms with E-state index in [4.69, 9.17) is 0 Å². The normalized spacial score (nSPS) is 15.0. The summed E-state index contributed by atoms with van der Waals surface area (Å²) in [4.78, 5) is 56.2. The van der Waals surface area contributed by atoms with Crippen molar-refractivity contribution < 1.29 is 14.4 Å². The molecule has 2 aliphatic heterocycles. The quantitative estimate of drug-likeness (QED) is 0.107. The van der Waals surface area contributed by atoms with Crippen LogP contribution in [-0.4, -0.2) is 88.7 Å². The third-order valence-corrected chi connectivity index (χ3v) is 9.57. The highest BCUT2D eigenvalue weighted by molar-refractivity contribution is 6.05. The van der Waals surface area contributed by atoms with Crippen LogP contribution in [0.15, 0.2) is 65.5 Å². The fraction of sp³-hybridized carbons (Fsp3) is 0.455. The molecule has 0 spiro atoms. The molecule has 2 fully saturated rings. The summed E-state index contributed by atoms with van der Waals surface area (Å²) in [5.41, 5.74) is 9.10. The van der Waals surface area contributed by atoms with E-state index in [9.17, 15) is 14.4 Å². The van der Waals surface area contributed by atoms with Gasteiger partial charge in [0.1, 0.15) is 29.1 Å². The number of hydrazine groups is 1. The maximum absolute atomic E-state index is 11.8.